The van der Waals surface area contributed by atoms with E-state index >= 15 is 0 Å². The number of aromatic amines is 1. The quantitative estimate of drug-likeness (QED) is 0.0829. The molecule has 3 N–H and O–H groups in total. The first-order valence-electron chi connectivity index (χ1n) is 19.9. The van der Waals surface area contributed by atoms with Gasteiger partial charge >= 0.3 is 0 Å². The van der Waals surface area contributed by atoms with Gasteiger partial charge in [-0.1, -0.05) is 43.2 Å². The third-order valence-corrected chi connectivity index (χ3v) is 13.5. The van der Waals surface area contributed by atoms with Crippen LogP contribution in [0, 0.1) is 21.4 Å². The predicted molar refractivity (Wildman–Crippen MR) is 228 cm³/mol. The van der Waals surface area contributed by atoms with Crippen LogP contribution in [-0.4, -0.2) is 78.6 Å². The number of hydrogen-bond acceptors (Lipinski definition) is 10. The van der Waals surface area contributed by atoms with Gasteiger partial charge in [0.15, 0.2) is 0 Å². The number of piperazine rings is 1. The van der Waals surface area contributed by atoms with Crippen molar-refractivity contribution in [2.45, 2.75) is 57.3 Å². The number of hydrogen-bond donors (Lipinski definition) is 3. The molecule has 5 aromatic rings. The van der Waals surface area contributed by atoms with Gasteiger partial charge in [-0.2, -0.15) is 0 Å². The van der Waals surface area contributed by atoms with E-state index in [2.05, 4.69) is 50.5 Å². The molecule has 0 unspecified atom stereocenters. The van der Waals surface area contributed by atoms with E-state index in [0.717, 1.165) is 74.1 Å². The summed E-state index contributed by atoms with van der Waals surface area (Å²) in [5.41, 5.74) is 6.41. The molecule has 59 heavy (non-hydrogen) atoms. The molecular formula is C44H47ClN6O7S. The van der Waals surface area contributed by atoms with Crippen LogP contribution in [0.2, 0.25) is 5.02 Å². The molecule has 0 radical (unpaired) electrons. The molecule has 1 saturated heterocycles. The van der Waals surface area contributed by atoms with Gasteiger partial charge in [-0.15, -0.1) is 0 Å². The molecule has 0 saturated carbocycles. The lowest BCUT2D eigenvalue weighted by Crippen LogP contribution is -2.47. The fourth-order valence-electron chi connectivity index (χ4n) is 8.70. The monoisotopic (exact) mass is 838 g/mol. The van der Waals surface area contributed by atoms with Gasteiger partial charge < -0.3 is 19.7 Å². The smallest absolute Gasteiger partial charge is 0.274 e. The summed E-state index contributed by atoms with van der Waals surface area (Å²) in [4.78, 5) is 37.1. The number of rotatable bonds is 12. The first-order valence-corrected chi connectivity index (χ1v) is 21.8. The van der Waals surface area contributed by atoms with Crippen molar-refractivity contribution in [3.8, 4) is 11.5 Å². The normalized spacial score (nSPS) is 18.2. The average molecular weight is 839 g/mol. The molecular weight excluding hydrogens is 792 g/mol. The van der Waals surface area contributed by atoms with Gasteiger partial charge in [0.2, 0.25) is 0 Å². The van der Waals surface area contributed by atoms with Crippen LogP contribution >= 0.6 is 11.6 Å². The zero-order valence-electron chi connectivity index (χ0n) is 33.0. The molecule has 3 aromatic carbocycles. The van der Waals surface area contributed by atoms with Crippen molar-refractivity contribution in [3.63, 3.8) is 0 Å². The Hall–Kier alpha value is -5.28. The summed E-state index contributed by atoms with van der Waals surface area (Å²) >= 11 is 6.23. The maximum absolute atomic E-state index is 13.9. The lowest BCUT2D eigenvalue weighted by molar-refractivity contribution is -0.385. The van der Waals surface area contributed by atoms with E-state index in [0.29, 0.717) is 41.8 Å². The van der Waals surface area contributed by atoms with Crippen LogP contribution in [0.4, 0.5) is 11.4 Å². The second kappa shape index (κ2) is 16.4. The van der Waals surface area contributed by atoms with Crippen LogP contribution in [-0.2, 0) is 22.9 Å². The van der Waals surface area contributed by atoms with Gasteiger partial charge in [0.25, 0.3) is 21.6 Å². The number of halogens is 1. The number of ether oxygens (including phenoxy) is 1. The van der Waals surface area contributed by atoms with Gasteiger partial charge in [-0.3, -0.25) is 19.8 Å². The molecule has 0 spiro atoms. The lowest BCUT2D eigenvalue weighted by atomic mass is 9.72. The van der Waals surface area contributed by atoms with Crippen molar-refractivity contribution >= 4 is 55.5 Å². The van der Waals surface area contributed by atoms with Crippen molar-refractivity contribution < 1.29 is 28.0 Å². The molecule has 15 heteroatoms. The maximum atomic E-state index is 13.9. The third-order valence-electron chi connectivity index (χ3n) is 11.9. The number of aromatic nitrogens is 2. The molecule has 2 aliphatic carbocycles. The number of fused-ring (bicyclic) bond motifs is 2. The van der Waals surface area contributed by atoms with Crippen LogP contribution in [0.25, 0.3) is 16.6 Å². The highest BCUT2D eigenvalue weighted by molar-refractivity contribution is 7.90. The second-order valence-corrected chi connectivity index (χ2v) is 18.7. The van der Waals surface area contributed by atoms with Crippen molar-refractivity contribution in [1.82, 2.24) is 19.6 Å². The highest BCUT2D eigenvalue weighted by Crippen LogP contribution is 2.44. The summed E-state index contributed by atoms with van der Waals surface area (Å²) in [5.74, 6) is -0.516. The minimum atomic E-state index is -4.56. The number of aliphatic hydroxyl groups excluding tert-OH is 1. The van der Waals surface area contributed by atoms with E-state index < -0.39 is 20.9 Å². The highest BCUT2D eigenvalue weighted by Gasteiger charge is 2.33. The summed E-state index contributed by atoms with van der Waals surface area (Å²) in [7, 11) is -4.56. The third kappa shape index (κ3) is 8.86. The number of nitro benzene ring substituents is 1. The van der Waals surface area contributed by atoms with Crippen LogP contribution in [0.5, 0.6) is 11.5 Å². The molecule has 1 aliphatic heterocycles. The number of nitrogens with zero attached hydrogens (tertiary/aromatic N) is 4. The number of nitro groups is 1. The van der Waals surface area contributed by atoms with Crippen molar-refractivity contribution in [2.24, 2.45) is 11.3 Å². The fourth-order valence-corrected chi connectivity index (χ4v) is 9.86. The van der Waals surface area contributed by atoms with E-state index in [-0.39, 0.29) is 39.8 Å². The summed E-state index contributed by atoms with van der Waals surface area (Å²) in [5, 5.41) is 23.0. The minimum absolute atomic E-state index is 0.0364. The molecule has 13 nitrogen and oxygen atoms in total. The summed E-state index contributed by atoms with van der Waals surface area (Å²) < 4.78 is 35.9. The number of aliphatic hydroxyl groups is 1. The first kappa shape index (κ1) is 40.5. The number of carbonyl (C=O) groups excluding carboxylic acids is 1. The maximum Gasteiger partial charge on any atom is 0.274 e. The van der Waals surface area contributed by atoms with Crippen LogP contribution < -0.4 is 14.4 Å². The number of nitrogens with one attached hydrogen (secondary N) is 2. The van der Waals surface area contributed by atoms with Crippen LogP contribution in [0.1, 0.15) is 66.6 Å². The van der Waals surface area contributed by atoms with Gasteiger partial charge in [0, 0.05) is 79.3 Å². The zero-order chi connectivity index (χ0) is 41.5. The largest absolute Gasteiger partial charge is 0.455 e. The van der Waals surface area contributed by atoms with Crippen molar-refractivity contribution in [2.75, 3.05) is 44.2 Å². The zero-order valence-corrected chi connectivity index (χ0v) is 34.6. The number of sulfonamides is 1. The summed E-state index contributed by atoms with van der Waals surface area (Å²) in [6, 6.07) is 19.2. The second-order valence-electron chi connectivity index (χ2n) is 16.6. The van der Waals surface area contributed by atoms with Gasteiger partial charge in [-0.25, -0.2) is 18.1 Å². The molecule has 1 atom stereocenters. The van der Waals surface area contributed by atoms with Gasteiger partial charge in [-0.05, 0) is 109 Å². The molecule has 2 aromatic heterocycles. The molecule has 8 rings (SSSR count). The minimum Gasteiger partial charge on any atom is -0.455 e. The Morgan fingerprint density at radius 3 is 2.59 bits per heavy atom. The number of H-pyrrole nitrogens is 1. The van der Waals surface area contributed by atoms with E-state index in [1.165, 1.54) is 29.0 Å². The Labute approximate surface area is 348 Å². The molecule has 0 bridgehead atoms. The van der Waals surface area contributed by atoms with E-state index in [1.54, 1.807) is 30.5 Å². The van der Waals surface area contributed by atoms with Crippen LogP contribution in [0.15, 0.2) is 89.6 Å². The Morgan fingerprint density at radius 2 is 1.85 bits per heavy atom. The molecule has 1 fully saturated rings. The van der Waals surface area contributed by atoms with E-state index in [1.807, 2.05) is 18.2 Å². The standard InChI is InChI=1S/C44H47ClN6O7S/c1-44(2)12-9-31(39(25-44)29-3-5-33(45)6-4-29)27-49-14-16-50(17-15-49)34-7-8-37(41(23-34)58-35-21-30-10-13-46-42(30)47-26-35)43(53)48-59(56,57)36-22-32-19-28(11-18-52)20-38(32)40(24-36)51(54)55/h3-8,10,13,21-24,26,28,52H,9,11-12,14-20,25,27H2,1-2H3,(H,46,47)(H,48,53)/t28-/m1/s1. The summed E-state index contributed by atoms with van der Waals surface area (Å²) in [6.07, 6.45) is 7.67. The Morgan fingerprint density at radius 1 is 1.07 bits per heavy atom. The highest BCUT2D eigenvalue weighted by atomic mass is 35.5. The first-order chi connectivity index (χ1) is 28.2. The Kier molecular flexibility index (Phi) is 11.3. The van der Waals surface area contributed by atoms with E-state index in [9.17, 15) is 28.4 Å². The van der Waals surface area contributed by atoms with Crippen molar-refractivity contribution in [3.05, 3.63) is 122 Å². The average Bonchev–Trinajstić information content (AvgIpc) is 3.85. The molecule has 1 amide bonds. The van der Waals surface area contributed by atoms with Crippen LogP contribution in [0.3, 0.4) is 0 Å². The lowest BCUT2D eigenvalue weighted by Gasteiger charge is -2.39. The van der Waals surface area contributed by atoms with Gasteiger partial charge in [0.1, 0.15) is 17.1 Å². The SMILES string of the molecule is CC1(C)CCC(CN2CCN(c3ccc(C(=O)NS(=O)(=O)c4cc5c(c([N+](=O)[O-])c4)C[C@H](CCO)C5)c(Oc4cnc5[nH]ccc5c4)c3)CC2)=C(c2ccc(Cl)cc2)C1. The Balaban J connectivity index is 1.03. The molecule has 308 valence electrons. The van der Waals surface area contributed by atoms with Gasteiger partial charge in [0.05, 0.1) is 21.6 Å². The predicted octanol–water partition coefficient (Wildman–Crippen LogP) is 7.92. The molecule has 3 aliphatic rings. The fraction of sp³-hybridized carbons (Fsp3) is 0.364. The van der Waals surface area contributed by atoms with Crippen molar-refractivity contribution in [1.29, 1.82) is 0 Å². The topological polar surface area (TPSA) is 171 Å². The number of pyridine rings is 1. The van der Waals surface area contributed by atoms with E-state index in [4.69, 9.17) is 16.3 Å². The number of amides is 1. The number of allylic oxidation sites excluding steroid dienone is 1. The Bertz CT molecular complexity index is 2560. The molecule has 3 heterocycles. The number of carbonyl (C=O) groups is 1. The number of anilines is 1. The number of benzene rings is 3. The summed E-state index contributed by atoms with van der Waals surface area (Å²) in [6.45, 7) is 8.55.